The van der Waals surface area contributed by atoms with Gasteiger partial charge in [0.05, 0.1) is 0 Å². The maximum absolute atomic E-state index is 10.1. The van der Waals surface area contributed by atoms with Crippen LogP contribution in [0.5, 0.6) is 0 Å². The first-order valence-electron chi connectivity index (χ1n) is 6.13. The highest BCUT2D eigenvalue weighted by Gasteiger charge is 2.07. The highest BCUT2D eigenvalue weighted by Crippen LogP contribution is 2.12. The minimum absolute atomic E-state index is 0.495. The molecule has 3 heteroatoms. The number of hydrogen-bond acceptors (Lipinski definition) is 3. The Labute approximate surface area is 98.7 Å². The molecule has 1 N–H and O–H groups in total. The molecular weight excluding hydrogens is 206 g/mol. The number of carbonyl (C=O) groups excluding carboxylic acids is 1. The molecule has 0 aromatic carbocycles. The summed E-state index contributed by atoms with van der Waals surface area (Å²) in [6.45, 7) is 4.43. The van der Waals surface area contributed by atoms with Crippen LogP contribution in [-0.4, -0.2) is 11.7 Å². The van der Waals surface area contributed by atoms with Crippen LogP contribution in [0.4, 0.5) is 0 Å². The maximum Gasteiger partial charge on any atom is 0.282 e. The molecule has 0 spiro atoms. The number of rotatable bonds is 11. The average Bonchev–Trinajstić information content (AvgIpc) is 2.25. The monoisotopic (exact) mass is 230 g/mol. The van der Waals surface area contributed by atoms with Crippen LogP contribution in [0.2, 0.25) is 0 Å². The fourth-order valence-corrected chi connectivity index (χ4v) is 2.10. The summed E-state index contributed by atoms with van der Waals surface area (Å²) in [4.78, 5) is 10.1. The van der Waals surface area contributed by atoms with E-state index >= 15 is 0 Å². The van der Waals surface area contributed by atoms with Crippen LogP contribution in [0.3, 0.4) is 0 Å². The van der Waals surface area contributed by atoms with E-state index in [9.17, 15) is 4.79 Å². The van der Waals surface area contributed by atoms with Gasteiger partial charge in [-0.3, -0.25) is 9.52 Å². The third kappa shape index (κ3) is 10.3. The molecule has 0 saturated heterocycles. The van der Waals surface area contributed by atoms with E-state index in [1.165, 1.54) is 51.4 Å². The van der Waals surface area contributed by atoms with Crippen molar-refractivity contribution in [3.63, 3.8) is 0 Å². The molecular formula is C12H24NOS. The van der Waals surface area contributed by atoms with Crippen LogP contribution in [0.25, 0.3) is 0 Å². The molecule has 89 valence electrons. The van der Waals surface area contributed by atoms with Crippen molar-refractivity contribution >= 4 is 17.6 Å². The molecule has 0 rings (SSSR count). The summed E-state index contributed by atoms with van der Waals surface area (Å²) in [7, 11) is 0. The van der Waals surface area contributed by atoms with Gasteiger partial charge in [0.2, 0.25) is 0 Å². The molecule has 0 amide bonds. The highest BCUT2D eigenvalue weighted by molar-refractivity contribution is 8.10. The van der Waals surface area contributed by atoms with Crippen LogP contribution in [0.1, 0.15) is 65.2 Å². The van der Waals surface area contributed by atoms with Crippen molar-refractivity contribution in [2.75, 3.05) is 0 Å². The molecule has 0 aliphatic rings. The summed E-state index contributed by atoms with van der Waals surface area (Å²) in [5.41, 5.74) is 1.83. The van der Waals surface area contributed by atoms with Crippen LogP contribution >= 0.6 is 11.9 Å². The van der Waals surface area contributed by atoms with Crippen LogP contribution in [0.15, 0.2) is 0 Å². The van der Waals surface area contributed by atoms with Gasteiger partial charge in [-0.15, -0.1) is 0 Å². The van der Waals surface area contributed by atoms with E-state index in [1.54, 1.807) is 0 Å². The average molecular weight is 230 g/mol. The third-order valence-corrected chi connectivity index (χ3v) is 3.11. The molecule has 0 heterocycles. The van der Waals surface area contributed by atoms with Gasteiger partial charge in [0.1, 0.15) is 0 Å². The second-order valence-electron chi connectivity index (χ2n) is 3.99. The summed E-state index contributed by atoms with van der Waals surface area (Å²) in [6.07, 6.45) is 10.0. The van der Waals surface area contributed by atoms with Crippen molar-refractivity contribution in [2.45, 2.75) is 71.3 Å². The normalized spacial score (nSPS) is 10.9. The molecule has 0 aromatic rings. The lowest BCUT2D eigenvalue weighted by molar-refractivity contribution is 0.481. The van der Waals surface area contributed by atoms with Gasteiger partial charge < -0.3 is 0 Å². The lowest BCUT2D eigenvalue weighted by Gasteiger charge is -2.15. The number of hydrogen-bond donors (Lipinski definition) is 1. The van der Waals surface area contributed by atoms with Gasteiger partial charge >= 0.3 is 0 Å². The smallest absolute Gasteiger partial charge is 0.276 e. The van der Waals surface area contributed by atoms with E-state index < -0.39 is 0 Å². The topological polar surface area (TPSA) is 29.1 Å². The summed E-state index contributed by atoms with van der Waals surface area (Å²) in [5, 5.41) is 0. The quantitative estimate of drug-likeness (QED) is 0.432. The van der Waals surface area contributed by atoms with E-state index in [4.69, 9.17) is 0 Å². The van der Waals surface area contributed by atoms with Crippen molar-refractivity contribution in [1.29, 1.82) is 0 Å². The lowest BCUT2D eigenvalue weighted by atomic mass is 10.0. The van der Waals surface area contributed by atoms with E-state index in [0.29, 0.717) is 6.04 Å². The fourth-order valence-electron chi connectivity index (χ4n) is 1.65. The molecule has 2 nitrogen and oxygen atoms in total. The zero-order chi connectivity index (χ0) is 11.4. The van der Waals surface area contributed by atoms with E-state index in [1.807, 2.05) is 5.62 Å². The zero-order valence-electron chi connectivity index (χ0n) is 10.1. The summed E-state index contributed by atoms with van der Waals surface area (Å²) < 4.78 is 3.18. The molecule has 0 bridgehead atoms. The van der Waals surface area contributed by atoms with Gasteiger partial charge in [0.25, 0.3) is 5.62 Å². The van der Waals surface area contributed by atoms with Gasteiger partial charge in [-0.2, -0.15) is 0 Å². The van der Waals surface area contributed by atoms with Crippen molar-refractivity contribution in [2.24, 2.45) is 0 Å². The number of nitrogens with one attached hydrogen (secondary N) is 1. The van der Waals surface area contributed by atoms with Crippen molar-refractivity contribution in [1.82, 2.24) is 4.72 Å². The van der Waals surface area contributed by atoms with Gasteiger partial charge in [0, 0.05) is 18.0 Å². The van der Waals surface area contributed by atoms with Crippen LogP contribution in [-0.2, 0) is 4.79 Å². The Hall–Kier alpha value is -0.0200. The Balaban J connectivity index is 3.57. The molecule has 0 atom stereocenters. The fraction of sp³-hybridized carbons (Fsp3) is 0.917. The van der Waals surface area contributed by atoms with Crippen molar-refractivity contribution in [3.05, 3.63) is 0 Å². The molecule has 0 saturated carbocycles. The predicted molar refractivity (Wildman–Crippen MR) is 68.5 cm³/mol. The molecule has 0 aliphatic heterocycles. The van der Waals surface area contributed by atoms with E-state index in [2.05, 4.69) is 18.6 Å². The zero-order valence-corrected chi connectivity index (χ0v) is 10.9. The summed E-state index contributed by atoms with van der Waals surface area (Å²) in [6, 6.07) is 0.495. The number of unbranched alkanes of at least 4 members (excludes halogenated alkanes) is 4. The summed E-state index contributed by atoms with van der Waals surface area (Å²) >= 11 is 1.08. The standard InChI is InChI=1S/C12H24NOS/c1-3-5-7-9-12(13-15-11-14)10-8-6-4-2/h12-13H,3-10H2,1-2H3. The highest BCUT2D eigenvalue weighted by atomic mass is 32.2. The first-order chi connectivity index (χ1) is 7.35. The molecule has 0 unspecified atom stereocenters. The largest absolute Gasteiger partial charge is 0.282 e. The minimum Gasteiger partial charge on any atom is -0.276 e. The Bertz CT molecular complexity index is 132. The van der Waals surface area contributed by atoms with Gasteiger partial charge in [-0.25, -0.2) is 0 Å². The maximum atomic E-state index is 10.1. The molecule has 0 aromatic heterocycles. The van der Waals surface area contributed by atoms with E-state index in [-0.39, 0.29) is 0 Å². The van der Waals surface area contributed by atoms with Crippen LogP contribution in [0, 0.1) is 0 Å². The first-order valence-corrected chi connectivity index (χ1v) is 6.95. The van der Waals surface area contributed by atoms with Gasteiger partial charge in [0.15, 0.2) is 0 Å². The van der Waals surface area contributed by atoms with Crippen molar-refractivity contribution in [3.8, 4) is 0 Å². The van der Waals surface area contributed by atoms with E-state index in [0.717, 1.165) is 11.9 Å². The second kappa shape index (κ2) is 12.1. The second-order valence-corrected chi connectivity index (χ2v) is 4.60. The van der Waals surface area contributed by atoms with Crippen molar-refractivity contribution < 1.29 is 4.79 Å². The molecule has 15 heavy (non-hydrogen) atoms. The SMILES string of the molecule is CCCCCC(CCCCC)NS[C]=O. The minimum atomic E-state index is 0.495. The molecule has 0 fully saturated rings. The Kier molecular flexibility index (Phi) is 12.0. The Morgan fingerprint density at radius 3 is 2.00 bits per heavy atom. The Morgan fingerprint density at radius 1 is 1.07 bits per heavy atom. The van der Waals surface area contributed by atoms with Gasteiger partial charge in [-0.1, -0.05) is 52.4 Å². The third-order valence-electron chi connectivity index (χ3n) is 2.58. The molecule has 1 radical (unpaired) electrons. The van der Waals surface area contributed by atoms with Crippen LogP contribution < -0.4 is 4.72 Å². The first kappa shape index (κ1) is 15.0. The molecule has 0 aliphatic carbocycles. The van der Waals surface area contributed by atoms with Gasteiger partial charge in [-0.05, 0) is 12.8 Å². The Morgan fingerprint density at radius 2 is 1.60 bits per heavy atom. The predicted octanol–water partition coefficient (Wildman–Crippen LogP) is 3.82. The lowest BCUT2D eigenvalue weighted by Crippen LogP contribution is -2.23. The summed E-state index contributed by atoms with van der Waals surface area (Å²) in [5.74, 6) is 0.